The Balaban J connectivity index is 1.80. The first-order valence-corrected chi connectivity index (χ1v) is 8.80. The molecule has 124 valence electrons. The molecule has 0 bridgehead atoms. The summed E-state index contributed by atoms with van der Waals surface area (Å²) in [6.45, 7) is 6.73. The zero-order valence-electron chi connectivity index (χ0n) is 15.0. The Bertz CT molecular complexity index is 1040. The standard InChI is InChI=1S/C24H23N/c1-24(2,3)19-13-15-20(16-14-19)25-22-10-6-8-18-12-11-17-7-4-5-9-21(17)23(18)22/h4-16,25H,1-3H3. The van der Waals surface area contributed by atoms with Crippen LogP contribution in [0.4, 0.5) is 11.4 Å². The molecule has 0 amide bonds. The number of anilines is 2. The quantitative estimate of drug-likeness (QED) is 0.390. The number of benzene rings is 4. The molecule has 0 atom stereocenters. The van der Waals surface area contributed by atoms with Crippen molar-refractivity contribution in [2.45, 2.75) is 26.2 Å². The molecule has 0 saturated heterocycles. The van der Waals surface area contributed by atoms with Gasteiger partial charge < -0.3 is 5.32 Å². The second kappa shape index (κ2) is 5.93. The fourth-order valence-corrected chi connectivity index (χ4v) is 3.37. The van der Waals surface area contributed by atoms with E-state index in [1.54, 1.807) is 0 Å². The second-order valence-electron chi connectivity index (χ2n) is 7.64. The number of hydrogen-bond donors (Lipinski definition) is 1. The van der Waals surface area contributed by atoms with Crippen LogP contribution in [0.3, 0.4) is 0 Å². The van der Waals surface area contributed by atoms with E-state index in [1.165, 1.54) is 27.1 Å². The summed E-state index contributed by atoms with van der Waals surface area (Å²) in [5.74, 6) is 0. The van der Waals surface area contributed by atoms with E-state index in [-0.39, 0.29) is 5.41 Å². The van der Waals surface area contributed by atoms with Crippen LogP contribution in [0.2, 0.25) is 0 Å². The largest absolute Gasteiger partial charge is 0.355 e. The smallest absolute Gasteiger partial charge is 0.0470 e. The molecule has 0 aromatic heterocycles. The molecule has 25 heavy (non-hydrogen) atoms. The van der Waals surface area contributed by atoms with Crippen molar-refractivity contribution >= 4 is 32.9 Å². The van der Waals surface area contributed by atoms with Crippen molar-refractivity contribution < 1.29 is 0 Å². The molecule has 1 nitrogen and oxygen atoms in total. The number of rotatable bonds is 2. The van der Waals surface area contributed by atoms with Gasteiger partial charge in [-0.1, -0.05) is 81.4 Å². The van der Waals surface area contributed by atoms with Gasteiger partial charge in [0.2, 0.25) is 0 Å². The molecule has 0 radical (unpaired) electrons. The summed E-state index contributed by atoms with van der Waals surface area (Å²) in [5, 5.41) is 8.71. The van der Waals surface area contributed by atoms with Crippen molar-refractivity contribution in [3.63, 3.8) is 0 Å². The van der Waals surface area contributed by atoms with Crippen LogP contribution in [0.1, 0.15) is 26.3 Å². The predicted octanol–water partition coefficient (Wildman–Crippen LogP) is 7.03. The van der Waals surface area contributed by atoms with Gasteiger partial charge in [-0.2, -0.15) is 0 Å². The van der Waals surface area contributed by atoms with Gasteiger partial charge >= 0.3 is 0 Å². The third-order valence-corrected chi connectivity index (χ3v) is 4.80. The van der Waals surface area contributed by atoms with Crippen molar-refractivity contribution in [2.75, 3.05) is 5.32 Å². The summed E-state index contributed by atoms with van der Waals surface area (Å²) < 4.78 is 0. The molecular weight excluding hydrogens is 302 g/mol. The molecule has 1 heteroatoms. The minimum Gasteiger partial charge on any atom is -0.355 e. The average Bonchev–Trinajstić information content (AvgIpc) is 2.61. The van der Waals surface area contributed by atoms with E-state index >= 15 is 0 Å². The zero-order valence-corrected chi connectivity index (χ0v) is 15.0. The van der Waals surface area contributed by atoms with Crippen LogP contribution in [0.5, 0.6) is 0 Å². The molecule has 0 aliphatic rings. The highest BCUT2D eigenvalue weighted by Crippen LogP contribution is 2.33. The highest BCUT2D eigenvalue weighted by Gasteiger charge is 2.13. The van der Waals surface area contributed by atoms with E-state index < -0.39 is 0 Å². The van der Waals surface area contributed by atoms with Crippen LogP contribution in [-0.4, -0.2) is 0 Å². The van der Waals surface area contributed by atoms with Crippen LogP contribution in [0.15, 0.2) is 78.9 Å². The van der Waals surface area contributed by atoms with Crippen LogP contribution in [0, 0.1) is 0 Å². The van der Waals surface area contributed by atoms with Crippen LogP contribution in [0.25, 0.3) is 21.5 Å². The lowest BCUT2D eigenvalue weighted by molar-refractivity contribution is 0.590. The van der Waals surface area contributed by atoms with Crippen LogP contribution in [-0.2, 0) is 5.41 Å². The number of nitrogens with one attached hydrogen (secondary N) is 1. The van der Waals surface area contributed by atoms with E-state index in [0.717, 1.165) is 11.4 Å². The first-order chi connectivity index (χ1) is 12.0. The van der Waals surface area contributed by atoms with E-state index in [2.05, 4.69) is 105 Å². The Morgan fingerprint density at radius 1 is 0.640 bits per heavy atom. The molecule has 0 fully saturated rings. The van der Waals surface area contributed by atoms with Gasteiger partial charge in [-0.05, 0) is 45.3 Å². The maximum Gasteiger partial charge on any atom is 0.0470 e. The molecule has 4 aromatic rings. The monoisotopic (exact) mass is 325 g/mol. The third kappa shape index (κ3) is 2.98. The van der Waals surface area contributed by atoms with Crippen molar-refractivity contribution in [1.82, 2.24) is 0 Å². The SMILES string of the molecule is CC(C)(C)c1ccc(Nc2cccc3ccc4ccccc4c23)cc1. The lowest BCUT2D eigenvalue weighted by atomic mass is 9.87. The van der Waals surface area contributed by atoms with Gasteiger partial charge in [-0.15, -0.1) is 0 Å². The first-order valence-electron chi connectivity index (χ1n) is 8.80. The number of fused-ring (bicyclic) bond motifs is 3. The molecule has 0 heterocycles. The summed E-state index contributed by atoms with van der Waals surface area (Å²) in [5.41, 5.74) is 3.79. The van der Waals surface area contributed by atoms with Crippen LogP contribution >= 0.6 is 0 Å². The molecule has 0 spiro atoms. The predicted molar refractivity (Wildman–Crippen MR) is 110 cm³/mol. The highest BCUT2D eigenvalue weighted by molar-refractivity contribution is 6.13. The van der Waals surface area contributed by atoms with Crippen molar-refractivity contribution in [2.24, 2.45) is 0 Å². The minimum absolute atomic E-state index is 0.175. The van der Waals surface area contributed by atoms with Gasteiger partial charge in [0.05, 0.1) is 0 Å². The van der Waals surface area contributed by atoms with Gasteiger partial charge in [-0.25, -0.2) is 0 Å². The summed E-state index contributed by atoms with van der Waals surface area (Å²) in [6, 6.07) is 28.2. The Labute approximate surface area is 149 Å². The second-order valence-corrected chi connectivity index (χ2v) is 7.64. The Morgan fingerprint density at radius 3 is 2.08 bits per heavy atom. The van der Waals surface area contributed by atoms with E-state index in [9.17, 15) is 0 Å². The fourth-order valence-electron chi connectivity index (χ4n) is 3.37. The molecule has 0 aliphatic heterocycles. The van der Waals surface area contributed by atoms with Gasteiger partial charge in [0.1, 0.15) is 0 Å². The Kier molecular flexibility index (Phi) is 3.73. The van der Waals surface area contributed by atoms with E-state index in [0.29, 0.717) is 0 Å². The first kappa shape index (κ1) is 15.7. The normalized spacial score (nSPS) is 11.8. The summed E-state index contributed by atoms with van der Waals surface area (Å²) in [6.07, 6.45) is 0. The molecule has 4 rings (SSSR count). The summed E-state index contributed by atoms with van der Waals surface area (Å²) in [7, 11) is 0. The Hall–Kier alpha value is -2.80. The lowest BCUT2D eigenvalue weighted by Crippen LogP contribution is -2.10. The maximum atomic E-state index is 3.62. The maximum absolute atomic E-state index is 3.62. The summed E-state index contributed by atoms with van der Waals surface area (Å²) in [4.78, 5) is 0. The molecule has 0 aliphatic carbocycles. The van der Waals surface area contributed by atoms with Gasteiger partial charge in [0.15, 0.2) is 0 Å². The van der Waals surface area contributed by atoms with Crippen molar-refractivity contribution in [1.29, 1.82) is 0 Å². The van der Waals surface area contributed by atoms with Gasteiger partial charge in [0, 0.05) is 16.8 Å². The summed E-state index contributed by atoms with van der Waals surface area (Å²) >= 11 is 0. The molecule has 1 N–H and O–H groups in total. The number of hydrogen-bond acceptors (Lipinski definition) is 1. The van der Waals surface area contributed by atoms with Crippen molar-refractivity contribution in [3.05, 3.63) is 84.4 Å². The molecule has 0 saturated carbocycles. The third-order valence-electron chi connectivity index (χ3n) is 4.80. The Morgan fingerprint density at radius 2 is 1.32 bits per heavy atom. The fraction of sp³-hybridized carbons (Fsp3) is 0.167. The average molecular weight is 325 g/mol. The van der Waals surface area contributed by atoms with E-state index in [4.69, 9.17) is 0 Å². The molecule has 0 unspecified atom stereocenters. The zero-order chi connectivity index (χ0) is 17.4. The van der Waals surface area contributed by atoms with Gasteiger partial charge in [0.25, 0.3) is 0 Å². The minimum atomic E-state index is 0.175. The lowest BCUT2D eigenvalue weighted by Gasteiger charge is -2.19. The van der Waals surface area contributed by atoms with Crippen molar-refractivity contribution in [3.8, 4) is 0 Å². The highest BCUT2D eigenvalue weighted by atomic mass is 14.9. The van der Waals surface area contributed by atoms with E-state index in [1.807, 2.05) is 0 Å². The molecular formula is C24H23N. The topological polar surface area (TPSA) is 12.0 Å². The van der Waals surface area contributed by atoms with Gasteiger partial charge in [-0.3, -0.25) is 0 Å². The molecule has 4 aromatic carbocycles. The van der Waals surface area contributed by atoms with Crippen LogP contribution < -0.4 is 5.32 Å².